The molecular formula is C20H32IN3O. The van der Waals surface area contributed by atoms with Crippen molar-refractivity contribution in [2.75, 3.05) is 51.3 Å². The van der Waals surface area contributed by atoms with Gasteiger partial charge in [0.2, 0.25) is 0 Å². The van der Waals surface area contributed by atoms with Crippen LogP contribution in [0.2, 0.25) is 0 Å². The highest BCUT2D eigenvalue weighted by atomic mass is 127. The standard InChI is InChI=1S/C20H32IN3O/c1-20(2,3)18-6-5-17(15-19(18)25-4)22-9-7-16(8-10-22)23-11-13-24(21)14-12-23/h5-6,15-16H,7-14H2,1-4H3. The Labute approximate surface area is 167 Å². The number of nitrogens with zero attached hydrogens (tertiary/aromatic N) is 3. The van der Waals surface area contributed by atoms with Crippen LogP contribution in [0, 0.1) is 0 Å². The second-order valence-corrected chi connectivity index (χ2v) is 9.66. The van der Waals surface area contributed by atoms with Crippen molar-refractivity contribution >= 4 is 28.6 Å². The Hall–Kier alpha value is -0.530. The lowest BCUT2D eigenvalue weighted by Gasteiger charge is -2.42. The summed E-state index contributed by atoms with van der Waals surface area (Å²) in [4.78, 5) is 5.23. The maximum atomic E-state index is 5.69. The Morgan fingerprint density at radius 1 is 1.00 bits per heavy atom. The summed E-state index contributed by atoms with van der Waals surface area (Å²) < 4.78 is 8.10. The number of hydrogen-bond donors (Lipinski definition) is 0. The lowest BCUT2D eigenvalue weighted by molar-refractivity contribution is 0.129. The van der Waals surface area contributed by atoms with Crippen LogP contribution in [0.4, 0.5) is 5.69 Å². The van der Waals surface area contributed by atoms with Gasteiger partial charge in [0.1, 0.15) is 5.75 Å². The summed E-state index contributed by atoms with van der Waals surface area (Å²) in [6, 6.07) is 7.52. The van der Waals surface area contributed by atoms with Crippen LogP contribution >= 0.6 is 22.9 Å². The lowest BCUT2D eigenvalue weighted by atomic mass is 9.86. The van der Waals surface area contributed by atoms with Crippen molar-refractivity contribution in [3.63, 3.8) is 0 Å². The number of ether oxygens (including phenoxy) is 1. The van der Waals surface area contributed by atoms with Crippen LogP contribution in [0.1, 0.15) is 39.2 Å². The molecule has 4 nitrogen and oxygen atoms in total. The average Bonchev–Trinajstić information content (AvgIpc) is 2.61. The van der Waals surface area contributed by atoms with Gasteiger partial charge in [-0.05, 0) is 29.9 Å². The first kappa shape index (κ1) is 19.2. The predicted molar refractivity (Wildman–Crippen MR) is 114 cm³/mol. The molecule has 2 heterocycles. The number of anilines is 1. The van der Waals surface area contributed by atoms with Gasteiger partial charge >= 0.3 is 0 Å². The molecule has 3 rings (SSSR count). The molecule has 0 N–H and O–H groups in total. The van der Waals surface area contributed by atoms with Crippen LogP contribution < -0.4 is 9.64 Å². The fourth-order valence-electron chi connectivity index (χ4n) is 4.05. The molecule has 2 aliphatic heterocycles. The zero-order valence-electron chi connectivity index (χ0n) is 16.1. The van der Waals surface area contributed by atoms with Gasteiger partial charge < -0.3 is 9.64 Å². The van der Waals surface area contributed by atoms with E-state index in [2.05, 4.69) is 74.7 Å². The molecule has 140 valence electrons. The predicted octanol–water partition coefficient (Wildman–Crippen LogP) is 3.93. The fourth-order valence-corrected chi connectivity index (χ4v) is 4.48. The second kappa shape index (κ2) is 8.01. The van der Waals surface area contributed by atoms with Gasteiger partial charge in [-0.15, -0.1) is 0 Å². The molecule has 0 atom stereocenters. The smallest absolute Gasteiger partial charge is 0.124 e. The third-order valence-corrected chi connectivity index (χ3v) is 6.56. The van der Waals surface area contributed by atoms with Crippen LogP contribution in [0.5, 0.6) is 5.75 Å². The SMILES string of the molecule is COc1cc(N2CCC(N3CCN(I)CC3)CC2)ccc1C(C)(C)C. The summed E-state index contributed by atoms with van der Waals surface area (Å²) in [5, 5.41) is 0. The van der Waals surface area contributed by atoms with Crippen LogP contribution in [-0.2, 0) is 5.41 Å². The quantitative estimate of drug-likeness (QED) is 0.506. The number of piperazine rings is 1. The van der Waals surface area contributed by atoms with Gasteiger partial charge in [-0.1, -0.05) is 26.8 Å². The van der Waals surface area contributed by atoms with E-state index < -0.39 is 0 Å². The van der Waals surface area contributed by atoms with Gasteiger partial charge in [0.05, 0.1) is 7.11 Å². The molecule has 0 unspecified atom stereocenters. The van der Waals surface area contributed by atoms with Crippen LogP contribution in [0.25, 0.3) is 0 Å². The fraction of sp³-hybridized carbons (Fsp3) is 0.700. The van der Waals surface area contributed by atoms with Gasteiger partial charge in [-0.3, -0.25) is 4.90 Å². The highest BCUT2D eigenvalue weighted by Crippen LogP contribution is 2.35. The summed E-state index contributed by atoms with van der Waals surface area (Å²) >= 11 is 2.45. The molecule has 0 radical (unpaired) electrons. The molecule has 0 aliphatic carbocycles. The van der Waals surface area contributed by atoms with Gasteiger partial charge in [-0.25, -0.2) is 3.11 Å². The summed E-state index contributed by atoms with van der Waals surface area (Å²) in [6.45, 7) is 13.9. The van der Waals surface area contributed by atoms with Gasteiger partial charge in [0, 0.05) is 79.9 Å². The molecule has 1 aromatic rings. The summed E-state index contributed by atoms with van der Waals surface area (Å²) in [6.07, 6.45) is 2.54. The van der Waals surface area contributed by atoms with Crippen molar-refractivity contribution in [1.82, 2.24) is 8.01 Å². The van der Waals surface area contributed by atoms with Crippen molar-refractivity contribution in [1.29, 1.82) is 0 Å². The van der Waals surface area contributed by atoms with E-state index in [0.29, 0.717) is 0 Å². The molecule has 5 heteroatoms. The van der Waals surface area contributed by atoms with Gasteiger partial charge in [0.25, 0.3) is 0 Å². The molecular weight excluding hydrogens is 425 g/mol. The molecule has 2 saturated heterocycles. The average molecular weight is 457 g/mol. The van der Waals surface area contributed by atoms with E-state index >= 15 is 0 Å². The first-order valence-electron chi connectivity index (χ1n) is 9.47. The van der Waals surface area contributed by atoms with Crippen LogP contribution in [0.15, 0.2) is 18.2 Å². The monoisotopic (exact) mass is 457 g/mol. The minimum absolute atomic E-state index is 0.109. The molecule has 1 aromatic carbocycles. The third kappa shape index (κ3) is 4.61. The first-order chi connectivity index (χ1) is 11.9. The Morgan fingerprint density at radius 3 is 2.20 bits per heavy atom. The van der Waals surface area contributed by atoms with E-state index in [1.807, 2.05) is 0 Å². The van der Waals surface area contributed by atoms with Crippen molar-refractivity contribution in [2.45, 2.75) is 45.1 Å². The highest BCUT2D eigenvalue weighted by Gasteiger charge is 2.27. The second-order valence-electron chi connectivity index (χ2n) is 8.30. The molecule has 0 aromatic heterocycles. The van der Waals surface area contributed by atoms with E-state index in [-0.39, 0.29) is 5.41 Å². The number of hydrogen-bond acceptors (Lipinski definition) is 4. The number of benzene rings is 1. The maximum absolute atomic E-state index is 5.69. The third-order valence-electron chi connectivity index (χ3n) is 5.60. The summed E-state index contributed by atoms with van der Waals surface area (Å²) in [5.41, 5.74) is 2.70. The number of methoxy groups -OCH3 is 1. The highest BCUT2D eigenvalue weighted by molar-refractivity contribution is 14.1. The van der Waals surface area contributed by atoms with Crippen molar-refractivity contribution < 1.29 is 4.74 Å². The molecule has 0 spiro atoms. The molecule has 25 heavy (non-hydrogen) atoms. The van der Waals surface area contributed by atoms with Crippen molar-refractivity contribution in [3.8, 4) is 5.75 Å². The van der Waals surface area contributed by atoms with Crippen LogP contribution in [-0.4, -0.2) is 60.4 Å². The zero-order chi connectivity index (χ0) is 18.0. The van der Waals surface area contributed by atoms with Gasteiger partial charge in [-0.2, -0.15) is 0 Å². The number of piperidine rings is 1. The Kier molecular flexibility index (Phi) is 6.16. The largest absolute Gasteiger partial charge is 0.496 e. The molecule has 0 saturated carbocycles. The topological polar surface area (TPSA) is 19.0 Å². The number of halogens is 1. The van der Waals surface area contributed by atoms with E-state index in [1.54, 1.807) is 7.11 Å². The van der Waals surface area contributed by atoms with E-state index in [0.717, 1.165) is 24.9 Å². The van der Waals surface area contributed by atoms with E-state index in [9.17, 15) is 0 Å². The molecule has 0 bridgehead atoms. The molecule has 0 amide bonds. The minimum atomic E-state index is 0.109. The molecule has 2 fully saturated rings. The van der Waals surface area contributed by atoms with Gasteiger partial charge in [0.15, 0.2) is 0 Å². The Balaban J connectivity index is 1.63. The van der Waals surface area contributed by atoms with Crippen molar-refractivity contribution in [2.24, 2.45) is 0 Å². The van der Waals surface area contributed by atoms with E-state index in [1.165, 1.54) is 50.3 Å². The zero-order valence-corrected chi connectivity index (χ0v) is 18.3. The Morgan fingerprint density at radius 2 is 1.64 bits per heavy atom. The Bertz CT molecular complexity index is 571. The van der Waals surface area contributed by atoms with Crippen molar-refractivity contribution in [3.05, 3.63) is 23.8 Å². The first-order valence-corrected chi connectivity index (χ1v) is 10.4. The normalized spacial score (nSPS) is 21.6. The summed E-state index contributed by atoms with van der Waals surface area (Å²) in [7, 11) is 1.79. The molecule has 2 aliphatic rings. The van der Waals surface area contributed by atoms with Crippen LogP contribution in [0.3, 0.4) is 0 Å². The van der Waals surface area contributed by atoms with E-state index in [4.69, 9.17) is 4.74 Å². The summed E-state index contributed by atoms with van der Waals surface area (Å²) in [5.74, 6) is 1.02. The minimum Gasteiger partial charge on any atom is -0.496 e. The number of rotatable bonds is 3. The lowest BCUT2D eigenvalue weighted by Crippen LogP contribution is -2.51. The maximum Gasteiger partial charge on any atom is 0.124 e.